The van der Waals surface area contributed by atoms with Gasteiger partial charge in [0.1, 0.15) is 0 Å². The fraction of sp³-hybridized carbons (Fsp3) is 0.846. The zero-order valence-corrected chi connectivity index (χ0v) is 11.2. The lowest BCUT2D eigenvalue weighted by atomic mass is 10.1. The molecule has 5 heteroatoms. The first-order valence-electron chi connectivity index (χ1n) is 7.00. The summed E-state index contributed by atoms with van der Waals surface area (Å²) in [5, 5.41) is 3.37. The van der Waals surface area contributed by atoms with Gasteiger partial charge in [-0.2, -0.15) is 0 Å². The predicted molar refractivity (Wildman–Crippen MR) is 69.1 cm³/mol. The molecule has 0 radical (unpaired) electrons. The molecule has 1 N–H and O–H groups in total. The number of nitrogens with zero attached hydrogens (tertiary/aromatic N) is 2. The van der Waals surface area contributed by atoms with Gasteiger partial charge >= 0.3 is 0 Å². The van der Waals surface area contributed by atoms with Gasteiger partial charge in [0, 0.05) is 25.6 Å². The van der Waals surface area contributed by atoms with Gasteiger partial charge in [0.15, 0.2) is 0 Å². The van der Waals surface area contributed by atoms with E-state index in [1.54, 1.807) is 0 Å². The average molecular weight is 253 g/mol. The molecule has 18 heavy (non-hydrogen) atoms. The summed E-state index contributed by atoms with van der Waals surface area (Å²) in [6.45, 7) is 5.96. The molecule has 0 spiro atoms. The summed E-state index contributed by atoms with van der Waals surface area (Å²) in [5.74, 6) is -0.0252. The van der Waals surface area contributed by atoms with Crippen molar-refractivity contribution in [2.24, 2.45) is 0 Å². The van der Waals surface area contributed by atoms with Crippen LogP contribution in [0.25, 0.3) is 0 Å². The average Bonchev–Trinajstić information content (AvgIpc) is 2.83. The third-order valence-electron chi connectivity index (χ3n) is 3.91. The molecule has 2 amide bonds. The van der Waals surface area contributed by atoms with Crippen LogP contribution < -0.4 is 5.32 Å². The van der Waals surface area contributed by atoms with Crippen molar-refractivity contribution in [3.8, 4) is 0 Å². The lowest BCUT2D eigenvalue weighted by Crippen LogP contribution is -2.50. The number of hydrogen-bond acceptors (Lipinski definition) is 4. The van der Waals surface area contributed by atoms with Gasteiger partial charge in [0.25, 0.3) is 0 Å². The molecule has 2 aliphatic rings. The van der Waals surface area contributed by atoms with Crippen LogP contribution >= 0.6 is 0 Å². The number of hydrogen-bond donors (Lipinski definition) is 1. The van der Waals surface area contributed by atoms with Crippen LogP contribution in [-0.2, 0) is 9.59 Å². The van der Waals surface area contributed by atoms with Crippen LogP contribution in [0.2, 0.25) is 0 Å². The second-order valence-electron chi connectivity index (χ2n) is 5.11. The van der Waals surface area contributed by atoms with Crippen LogP contribution in [0, 0.1) is 0 Å². The first kappa shape index (κ1) is 13.5. The van der Waals surface area contributed by atoms with E-state index < -0.39 is 0 Å². The summed E-state index contributed by atoms with van der Waals surface area (Å²) in [4.78, 5) is 27.3. The highest BCUT2D eigenvalue weighted by Gasteiger charge is 2.29. The number of carbonyl (C=O) groups is 2. The molecular formula is C13H23N3O2. The van der Waals surface area contributed by atoms with Crippen molar-refractivity contribution in [1.29, 1.82) is 0 Å². The molecule has 5 nitrogen and oxygen atoms in total. The molecule has 0 aromatic heterocycles. The molecule has 1 unspecified atom stereocenters. The van der Waals surface area contributed by atoms with Crippen molar-refractivity contribution in [3.05, 3.63) is 0 Å². The minimum absolute atomic E-state index is 0.00202. The lowest BCUT2D eigenvalue weighted by Gasteiger charge is -2.34. The SMILES string of the molecule is CCN(CC(=O)N1CCCC1=O)C1CCCNC1. The minimum atomic E-state index is -0.0232. The second-order valence-corrected chi connectivity index (χ2v) is 5.11. The van der Waals surface area contributed by atoms with E-state index in [0.717, 1.165) is 38.9 Å². The first-order valence-corrected chi connectivity index (χ1v) is 7.00. The quantitative estimate of drug-likeness (QED) is 0.778. The van der Waals surface area contributed by atoms with Gasteiger partial charge in [-0.05, 0) is 32.4 Å². The zero-order valence-electron chi connectivity index (χ0n) is 11.2. The van der Waals surface area contributed by atoms with Crippen LogP contribution in [0.3, 0.4) is 0 Å². The number of likely N-dealkylation sites (N-methyl/N-ethyl adjacent to an activating group) is 1. The Balaban J connectivity index is 1.88. The Morgan fingerprint density at radius 1 is 1.50 bits per heavy atom. The lowest BCUT2D eigenvalue weighted by molar-refractivity contribution is -0.142. The third kappa shape index (κ3) is 3.09. The topological polar surface area (TPSA) is 52.7 Å². The Hall–Kier alpha value is -0.940. The fourth-order valence-electron chi connectivity index (χ4n) is 2.82. The fourth-order valence-corrected chi connectivity index (χ4v) is 2.82. The minimum Gasteiger partial charge on any atom is -0.315 e. The number of amides is 2. The molecular weight excluding hydrogens is 230 g/mol. The number of rotatable bonds is 4. The molecule has 2 aliphatic heterocycles. The molecule has 1 atom stereocenters. The highest BCUT2D eigenvalue weighted by Crippen LogP contribution is 2.13. The maximum atomic E-state index is 12.1. The highest BCUT2D eigenvalue weighted by atomic mass is 16.2. The van der Waals surface area contributed by atoms with Crippen LogP contribution in [0.4, 0.5) is 0 Å². The van der Waals surface area contributed by atoms with E-state index in [0.29, 0.717) is 25.6 Å². The number of carbonyl (C=O) groups excluding carboxylic acids is 2. The molecule has 2 saturated heterocycles. The summed E-state index contributed by atoms with van der Waals surface area (Å²) in [5.41, 5.74) is 0. The second kappa shape index (κ2) is 6.29. The number of nitrogens with one attached hydrogen (secondary N) is 1. The number of piperidine rings is 1. The van der Waals surface area contributed by atoms with Crippen molar-refractivity contribution in [2.45, 2.75) is 38.6 Å². The highest BCUT2D eigenvalue weighted by molar-refractivity contribution is 5.97. The van der Waals surface area contributed by atoms with E-state index in [4.69, 9.17) is 0 Å². The van der Waals surface area contributed by atoms with Gasteiger partial charge in [0.05, 0.1) is 6.54 Å². The van der Waals surface area contributed by atoms with Crippen molar-refractivity contribution < 1.29 is 9.59 Å². The van der Waals surface area contributed by atoms with Gasteiger partial charge < -0.3 is 5.32 Å². The summed E-state index contributed by atoms with van der Waals surface area (Å²) >= 11 is 0. The van der Waals surface area contributed by atoms with E-state index in [9.17, 15) is 9.59 Å². The van der Waals surface area contributed by atoms with E-state index in [-0.39, 0.29) is 11.8 Å². The Labute approximate surface area is 108 Å². The van der Waals surface area contributed by atoms with E-state index in [2.05, 4.69) is 17.1 Å². The summed E-state index contributed by atoms with van der Waals surface area (Å²) in [6.07, 6.45) is 3.66. The molecule has 0 aromatic carbocycles. The van der Waals surface area contributed by atoms with Crippen LogP contribution in [0.15, 0.2) is 0 Å². The first-order chi connectivity index (χ1) is 8.72. The Morgan fingerprint density at radius 3 is 2.89 bits per heavy atom. The molecule has 2 rings (SSSR count). The van der Waals surface area contributed by atoms with Crippen molar-refractivity contribution >= 4 is 11.8 Å². The maximum absolute atomic E-state index is 12.1. The van der Waals surface area contributed by atoms with Crippen LogP contribution in [0.5, 0.6) is 0 Å². The van der Waals surface area contributed by atoms with E-state index in [1.165, 1.54) is 4.90 Å². The van der Waals surface area contributed by atoms with E-state index >= 15 is 0 Å². The van der Waals surface area contributed by atoms with Crippen molar-refractivity contribution in [3.63, 3.8) is 0 Å². The molecule has 2 fully saturated rings. The predicted octanol–water partition coefficient (Wildman–Crippen LogP) is 0.209. The molecule has 0 aromatic rings. The Morgan fingerprint density at radius 2 is 2.33 bits per heavy atom. The molecule has 102 valence electrons. The summed E-state index contributed by atoms with van der Waals surface area (Å²) in [7, 11) is 0. The van der Waals surface area contributed by atoms with E-state index in [1.807, 2.05) is 0 Å². The largest absolute Gasteiger partial charge is 0.315 e. The molecule has 2 heterocycles. The maximum Gasteiger partial charge on any atom is 0.243 e. The van der Waals surface area contributed by atoms with Gasteiger partial charge in [-0.15, -0.1) is 0 Å². The van der Waals surface area contributed by atoms with Gasteiger partial charge in [0.2, 0.25) is 11.8 Å². The van der Waals surface area contributed by atoms with Gasteiger partial charge in [-0.25, -0.2) is 0 Å². The molecule has 0 saturated carbocycles. The number of imide groups is 1. The zero-order chi connectivity index (χ0) is 13.0. The summed E-state index contributed by atoms with van der Waals surface area (Å²) < 4.78 is 0. The Bertz CT molecular complexity index is 313. The molecule has 0 bridgehead atoms. The number of likely N-dealkylation sites (tertiary alicyclic amines) is 1. The normalized spacial score (nSPS) is 24.9. The Kier molecular flexibility index (Phi) is 4.72. The molecule has 0 aliphatic carbocycles. The monoisotopic (exact) mass is 253 g/mol. The van der Waals surface area contributed by atoms with Crippen LogP contribution in [0.1, 0.15) is 32.6 Å². The van der Waals surface area contributed by atoms with Crippen LogP contribution in [-0.4, -0.2) is 60.4 Å². The van der Waals surface area contributed by atoms with Gasteiger partial charge in [-0.1, -0.05) is 6.92 Å². The summed E-state index contributed by atoms with van der Waals surface area (Å²) in [6, 6.07) is 0.436. The standard InChI is InChI=1S/C13H23N3O2/c1-2-15(11-5-3-7-14-9-11)10-13(18)16-8-4-6-12(16)17/h11,14H,2-10H2,1H3. The smallest absolute Gasteiger partial charge is 0.243 e. The van der Waals surface area contributed by atoms with Crippen molar-refractivity contribution in [1.82, 2.24) is 15.1 Å². The third-order valence-corrected chi connectivity index (χ3v) is 3.91. The van der Waals surface area contributed by atoms with Gasteiger partial charge in [-0.3, -0.25) is 19.4 Å². The van der Waals surface area contributed by atoms with Crippen molar-refractivity contribution in [2.75, 3.05) is 32.7 Å².